The molecule has 0 unspecified atom stereocenters. The molecule has 0 saturated heterocycles. The lowest BCUT2D eigenvalue weighted by Gasteiger charge is -2.32. The van der Waals surface area contributed by atoms with Crippen molar-refractivity contribution in [3.63, 3.8) is 0 Å². The minimum Gasteiger partial charge on any atom is -0.469 e. The quantitative estimate of drug-likeness (QED) is 0.841. The first-order valence-electron chi connectivity index (χ1n) is 9.37. The number of rotatable bonds is 4. The van der Waals surface area contributed by atoms with Crippen LogP contribution >= 0.6 is 0 Å². The Balaban J connectivity index is 1.65. The third-order valence-corrected chi connectivity index (χ3v) is 5.28. The third kappa shape index (κ3) is 4.53. The van der Waals surface area contributed by atoms with Crippen molar-refractivity contribution in [2.24, 2.45) is 5.92 Å². The zero-order chi connectivity index (χ0) is 17.9. The van der Waals surface area contributed by atoms with E-state index >= 15 is 0 Å². The monoisotopic (exact) mass is 339 g/mol. The van der Waals surface area contributed by atoms with E-state index in [9.17, 15) is 4.79 Å². The van der Waals surface area contributed by atoms with E-state index in [1.807, 2.05) is 24.3 Å². The van der Waals surface area contributed by atoms with Crippen LogP contribution in [0.4, 0.5) is 0 Å². The molecule has 1 aliphatic rings. The first-order chi connectivity index (χ1) is 11.9. The molecule has 0 aliphatic heterocycles. The summed E-state index contributed by atoms with van der Waals surface area (Å²) >= 11 is 0. The second-order valence-corrected chi connectivity index (χ2v) is 8.24. The van der Waals surface area contributed by atoms with E-state index in [1.54, 1.807) is 6.26 Å². The number of carbonyl (C=O) groups is 1. The highest BCUT2D eigenvalue weighted by Crippen LogP contribution is 2.28. The summed E-state index contributed by atoms with van der Waals surface area (Å²) in [7, 11) is 0. The molecular weight excluding hydrogens is 310 g/mol. The van der Waals surface area contributed by atoms with Gasteiger partial charge in [0.05, 0.1) is 6.26 Å². The van der Waals surface area contributed by atoms with E-state index in [4.69, 9.17) is 4.42 Å². The first-order valence-corrected chi connectivity index (χ1v) is 9.37. The first kappa shape index (κ1) is 17.8. The predicted molar refractivity (Wildman–Crippen MR) is 101 cm³/mol. The van der Waals surface area contributed by atoms with Crippen molar-refractivity contribution in [2.75, 3.05) is 0 Å². The molecule has 3 heteroatoms. The van der Waals surface area contributed by atoms with Gasteiger partial charge in [0.2, 0.25) is 0 Å². The zero-order valence-electron chi connectivity index (χ0n) is 15.5. The third-order valence-electron chi connectivity index (χ3n) is 5.28. The van der Waals surface area contributed by atoms with Gasteiger partial charge in [-0.2, -0.15) is 0 Å². The van der Waals surface area contributed by atoms with Crippen molar-refractivity contribution in [1.29, 1.82) is 0 Å². The molecule has 0 radical (unpaired) electrons. The summed E-state index contributed by atoms with van der Waals surface area (Å²) in [5.74, 6) is 1.51. The predicted octanol–water partition coefficient (Wildman–Crippen LogP) is 5.11. The molecule has 1 aromatic heterocycles. The maximum Gasteiger partial charge on any atom is 0.251 e. The molecule has 2 atom stereocenters. The minimum atomic E-state index is 0.0387. The number of benzene rings is 1. The molecule has 1 heterocycles. The van der Waals surface area contributed by atoms with Crippen LogP contribution in [0.15, 0.2) is 47.1 Å². The largest absolute Gasteiger partial charge is 0.469 e. The number of hydrogen-bond donors (Lipinski definition) is 1. The Bertz CT molecular complexity index is 680. The fourth-order valence-electron chi connectivity index (χ4n) is 3.70. The Kier molecular flexibility index (Phi) is 5.31. The van der Waals surface area contributed by atoms with E-state index in [0.717, 1.165) is 30.6 Å². The summed E-state index contributed by atoms with van der Waals surface area (Å²) in [5, 5.41) is 3.28. The van der Waals surface area contributed by atoms with Crippen LogP contribution in [0.3, 0.4) is 0 Å². The summed E-state index contributed by atoms with van der Waals surface area (Å²) in [5.41, 5.74) is 2.10. The van der Waals surface area contributed by atoms with Crippen LogP contribution in [-0.4, -0.2) is 11.9 Å². The van der Waals surface area contributed by atoms with Crippen LogP contribution in [0, 0.1) is 5.92 Å². The average Bonchev–Trinajstić information content (AvgIpc) is 3.09. The Labute approximate surface area is 150 Å². The van der Waals surface area contributed by atoms with Crippen molar-refractivity contribution in [1.82, 2.24) is 5.32 Å². The number of amides is 1. The molecule has 1 N–H and O–H groups in total. The number of hydrogen-bond acceptors (Lipinski definition) is 2. The average molecular weight is 339 g/mol. The Morgan fingerprint density at radius 2 is 1.84 bits per heavy atom. The molecule has 1 fully saturated rings. The van der Waals surface area contributed by atoms with Crippen LogP contribution in [0.2, 0.25) is 0 Å². The highest BCUT2D eigenvalue weighted by molar-refractivity contribution is 5.94. The van der Waals surface area contributed by atoms with Crippen molar-refractivity contribution < 1.29 is 9.21 Å². The highest BCUT2D eigenvalue weighted by atomic mass is 16.3. The molecule has 3 nitrogen and oxygen atoms in total. The second-order valence-electron chi connectivity index (χ2n) is 8.24. The van der Waals surface area contributed by atoms with Gasteiger partial charge in [0.1, 0.15) is 5.76 Å². The summed E-state index contributed by atoms with van der Waals surface area (Å²) in [6, 6.07) is 12.2. The van der Waals surface area contributed by atoms with Gasteiger partial charge >= 0.3 is 0 Å². The van der Waals surface area contributed by atoms with Crippen LogP contribution in [0.25, 0.3) is 0 Å². The Morgan fingerprint density at radius 3 is 2.48 bits per heavy atom. The van der Waals surface area contributed by atoms with E-state index in [1.165, 1.54) is 18.4 Å². The smallest absolute Gasteiger partial charge is 0.251 e. The molecule has 1 aliphatic carbocycles. The molecule has 1 saturated carbocycles. The van der Waals surface area contributed by atoms with Gasteiger partial charge in [0, 0.05) is 18.0 Å². The van der Waals surface area contributed by atoms with E-state index in [2.05, 4.69) is 38.2 Å². The molecule has 1 amide bonds. The van der Waals surface area contributed by atoms with Crippen molar-refractivity contribution in [3.8, 4) is 0 Å². The molecule has 3 rings (SSSR count). The second kappa shape index (κ2) is 7.47. The van der Waals surface area contributed by atoms with Crippen LogP contribution in [0.1, 0.15) is 68.1 Å². The number of carbonyl (C=O) groups excluding carboxylic acids is 1. The van der Waals surface area contributed by atoms with Gasteiger partial charge in [0.15, 0.2) is 0 Å². The number of furan rings is 1. The van der Waals surface area contributed by atoms with Gasteiger partial charge in [-0.25, -0.2) is 0 Å². The maximum absolute atomic E-state index is 12.7. The minimum absolute atomic E-state index is 0.0387. The van der Waals surface area contributed by atoms with E-state index < -0.39 is 0 Å². The Hall–Kier alpha value is -2.03. The topological polar surface area (TPSA) is 42.2 Å². The van der Waals surface area contributed by atoms with Crippen molar-refractivity contribution in [2.45, 2.75) is 64.3 Å². The molecule has 134 valence electrons. The molecular formula is C22H29NO2. The van der Waals surface area contributed by atoms with Gasteiger partial charge < -0.3 is 9.73 Å². The highest BCUT2D eigenvalue weighted by Gasteiger charge is 2.27. The lowest BCUT2D eigenvalue weighted by Crippen LogP contribution is -2.42. The lowest BCUT2D eigenvalue weighted by atomic mass is 9.81. The zero-order valence-corrected chi connectivity index (χ0v) is 15.5. The summed E-state index contributed by atoms with van der Waals surface area (Å²) in [6.07, 6.45) is 7.25. The van der Waals surface area contributed by atoms with Gasteiger partial charge in [-0.3, -0.25) is 4.79 Å². The van der Waals surface area contributed by atoms with Crippen molar-refractivity contribution >= 4 is 5.91 Å². The van der Waals surface area contributed by atoms with Gasteiger partial charge in [0.25, 0.3) is 5.91 Å². The maximum atomic E-state index is 12.7. The fraction of sp³-hybridized carbons (Fsp3) is 0.500. The molecule has 0 spiro atoms. The normalized spacial score (nSPS) is 21.1. The molecule has 0 bridgehead atoms. The van der Waals surface area contributed by atoms with Gasteiger partial charge in [-0.15, -0.1) is 0 Å². The van der Waals surface area contributed by atoms with Crippen LogP contribution < -0.4 is 5.32 Å². The number of nitrogens with one attached hydrogen (secondary N) is 1. The van der Waals surface area contributed by atoms with Gasteiger partial charge in [-0.1, -0.05) is 45.7 Å². The fourth-order valence-corrected chi connectivity index (χ4v) is 3.70. The van der Waals surface area contributed by atoms with E-state index in [0.29, 0.717) is 5.92 Å². The van der Waals surface area contributed by atoms with Gasteiger partial charge in [-0.05, 0) is 54.0 Å². The Morgan fingerprint density at radius 1 is 1.12 bits per heavy atom. The summed E-state index contributed by atoms with van der Waals surface area (Å²) < 4.78 is 5.51. The molecule has 2 aromatic rings. The van der Waals surface area contributed by atoms with Crippen molar-refractivity contribution in [3.05, 3.63) is 59.5 Å². The molecule has 1 aromatic carbocycles. The van der Waals surface area contributed by atoms with E-state index in [-0.39, 0.29) is 17.4 Å². The lowest BCUT2D eigenvalue weighted by molar-refractivity contribution is 0.0904. The van der Waals surface area contributed by atoms with Crippen LogP contribution in [0.5, 0.6) is 0 Å². The summed E-state index contributed by atoms with van der Waals surface area (Å²) in [6.45, 7) is 6.55. The standard InChI is InChI=1S/C22H29NO2/c1-22(2,3)18-12-10-16(11-13-18)21(24)23-20-9-5-4-7-17(20)15-19-8-6-14-25-19/h6,8,10-14,17,20H,4-5,7,9,15H2,1-3H3,(H,23,24)/t17-,20-/m1/s1. The molecule has 25 heavy (non-hydrogen) atoms. The SMILES string of the molecule is CC(C)(C)c1ccc(C(=O)N[C@@H]2CCCC[C@@H]2Cc2ccco2)cc1. The van der Waals surface area contributed by atoms with Crippen LogP contribution in [-0.2, 0) is 11.8 Å². The summed E-state index contributed by atoms with van der Waals surface area (Å²) in [4.78, 5) is 12.7.